The maximum absolute atomic E-state index is 5.46. The number of rotatable bonds is 3. The highest BCUT2D eigenvalue weighted by Crippen LogP contribution is 2.25. The Hall–Kier alpha value is -0.830. The van der Waals surface area contributed by atoms with Crippen molar-refractivity contribution in [2.75, 3.05) is 6.54 Å². The molecule has 0 atom stereocenters. The van der Waals surface area contributed by atoms with E-state index in [1.54, 1.807) is 6.20 Å². The minimum atomic E-state index is 0.0191. The van der Waals surface area contributed by atoms with Crippen molar-refractivity contribution >= 4 is 0 Å². The summed E-state index contributed by atoms with van der Waals surface area (Å²) in [4.78, 5) is 3.86. The van der Waals surface area contributed by atoms with E-state index in [9.17, 15) is 0 Å². The number of aromatic nitrogens is 1. The van der Waals surface area contributed by atoms with Crippen LogP contribution in [-0.2, 0) is 5.41 Å². The van der Waals surface area contributed by atoms with Crippen LogP contribution in [0.4, 0.5) is 0 Å². The zero-order chi connectivity index (χ0) is 8.32. The van der Waals surface area contributed by atoms with Crippen LogP contribution in [0, 0.1) is 0 Å². The first kappa shape index (κ1) is 8.27. The average molecular weight is 154 g/mol. The van der Waals surface area contributed by atoms with Crippen LogP contribution in [0.1, 0.15) is 26.0 Å². The standard InChI is InChI=1S/C8H14N2O/c1-8(2,3-4-9)7-5-10-6-11-7/h5-6H,3-4,9H2,1-2H3. The van der Waals surface area contributed by atoms with Crippen LogP contribution in [0.3, 0.4) is 0 Å². The van der Waals surface area contributed by atoms with Crippen molar-refractivity contribution in [2.45, 2.75) is 25.7 Å². The van der Waals surface area contributed by atoms with E-state index in [0.717, 1.165) is 12.2 Å². The SMILES string of the molecule is CC(C)(CCN)c1cnco1. The van der Waals surface area contributed by atoms with Crippen molar-refractivity contribution < 1.29 is 4.42 Å². The third-order valence-corrected chi connectivity index (χ3v) is 1.87. The van der Waals surface area contributed by atoms with Crippen molar-refractivity contribution in [3.8, 4) is 0 Å². The van der Waals surface area contributed by atoms with Gasteiger partial charge in [0.15, 0.2) is 6.39 Å². The molecule has 0 aliphatic heterocycles. The third kappa shape index (κ3) is 1.80. The molecule has 0 fully saturated rings. The molecule has 11 heavy (non-hydrogen) atoms. The van der Waals surface area contributed by atoms with Gasteiger partial charge in [-0.15, -0.1) is 0 Å². The van der Waals surface area contributed by atoms with E-state index in [0.29, 0.717) is 6.54 Å². The first-order valence-corrected chi connectivity index (χ1v) is 3.76. The lowest BCUT2D eigenvalue weighted by atomic mass is 9.87. The topological polar surface area (TPSA) is 52.0 Å². The van der Waals surface area contributed by atoms with Gasteiger partial charge < -0.3 is 10.2 Å². The molecule has 0 saturated heterocycles. The molecule has 62 valence electrons. The van der Waals surface area contributed by atoms with E-state index in [2.05, 4.69) is 18.8 Å². The second kappa shape index (κ2) is 3.05. The van der Waals surface area contributed by atoms with Crippen LogP contribution in [0.15, 0.2) is 17.0 Å². The number of hydrogen-bond acceptors (Lipinski definition) is 3. The predicted molar refractivity (Wildman–Crippen MR) is 43.2 cm³/mol. The Labute approximate surface area is 66.6 Å². The van der Waals surface area contributed by atoms with Crippen molar-refractivity contribution in [3.63, 3.8) is 0 Å². The Morgan fingerprint density at radius 3 is 2.82 bits per heavy atom. The smallest absolute Gasteiger partial charge is 0.180 e. The Kier molecular flexibility index (Phi) is 2.29. The van der Waals surface area contributed by atoms with Crippen molar-refractivity contribution in [2.24, 2.45) is 5.73 Å². The summed E-state index contributed by atoms with van der Waals surface area (Å²) in [5, 5.41) is 0. The van der Waals surface area contributed by atoms with Gasteiger partial charge >= 0.3 is 0 Å². The molecule has 1 rings (SSSR count). The number of hydrogen-bond donors (Lipinski definition) is 1. The fourth-order valence-corrected chi connectivity index (χ4v) is 1.03. The minimum absolute atomic E-state index is 0.0191. The average Bonchev–Trinajstić information content (AvgIpc) is 2.37. The molecule has 0 spiro atoms. The van der Waals surface area contributed by atoms with Crippen molar-refractivity contribution in [1.82, 2.24) is 4.98 Å². The molecule has 0 amide bonds. The number of nitrogens with zero attached hydrogens (tertiary/aromatic N) is 1. The lowest BCUT2D eigenvalue weighted by molar-refractivity contribution is 0.367. The van der Waals surface area contributed by atoms with Gasteiger partial charge in [-0.3, -0.25) is 0 Å². The predicted octanol–water partition coefficient (Wildman–Crippen LogP) is 1.30. The van der Waals surface area contributed by atoms with Gasteiger partial charge in [-0.25, -0.2) is 4.98 Å². The second-order valence-corrected chi connectivity index (χ2v) is 3.29. The lowest BCUT2D eigenvalue weighted by Crippen LogP contribution is -2.20. The molecule has 3 heteroatoms. The van der Waals surface area contributed by atoms with Crippen LogP contribution < -0.4 is 5.73 Å². The molecule has 0 aromatic carbocycles. The van der Waals surface area contributed by atoms with Gasteiger partial charge in [0.2, 0.25) is 0 Å². The maximum Gasteiger partial charge on any atom is 0.180 e. The van der Waals surface area contributed by atoms with Gasteiger partial charge in [-0.2, -0.15) is 0 Å². The summed E-state index contributed by atoms with van der Waals surface area (Å²) in [7, 11) is 0. The van der Waals surface area contributed by atoms with Crippen molar-refractivity contribution in [1.29, 1.82) is 0 Å². The Morgan fingerprint density at radius 2 is 2.36 bits per heavy atom. The lowest BCUT2D eigenvalue weighted by Gasteiger charge is -2.19. The molecular weight excluding hydrogens is 140 g/mol. The highest BCUT2D eigenvalue weighted by molar-refractivity contribution is 5.05. The fourth-order valence-electron chi connectivity index (χ4n) is 1.03. The zero-order valence-corrected chi connectivity index (χ0v) is 7.00. The summed E-state index contributed by atoms with van der Waals surface area (Å²) in [6.45, 7) is 4.87. The molecule has 0 saturated carbocycles. The summed E-state index contributed by atoms with van der Waals surface area (Å²) in [6.07, 6.45) is 4.12. The molecular formula is C8H14N2O. The van der Waals surface area contributed by atoms with E-state index in [4.69, 9.17) is 10.2 Å². The van der Waals surface area contributed by atoms with E-state index in [1.807, 2.05) is 0 Å². The molecule has 0 radical (unpaired) electrons. The first-order valence-electron chi connectivity index (χ1n) is 3.76. The normalized spacial score (nSPS) is 11.9. The molecule has 0 aliphatic carbocycles. The van der Waals surface area contributed by atoms with Gasteiger partial charge in [0.05, 0.1) is 6.20 Å². The Balaban J connectivity index is 2.73. The number of oxazole rings is 1. The van der Waals surface area contributed by atoms with Gasteiger partial charge in [0.25, 0.3) is 0 Å². The van der Waals surface area contributed by atoms with Gasteiger partial charge in [-0.05, 0) is 13.0 Å². The Morgan fingerprint density at radius 1 is 1.64 bits per heavy atom. The minimum Gasteiger partial charge on any atom is -0.448 e. The fraction of sp³-hybridized carbons (Fsp3) is 0.625. The van der Waals surface area contributed by atoms with E-state index < -0.39 is 0 Å². The highest BCUT2D eigenvalue weighted by atomic mass is 16.3. The monoisotopic (exact) mass is 154 g/mol. The molecule has 3 nitrogen and oxygen atoms in total. The molecule has 1 aromatic rings. The highest BCUT2D eigenvalue weighted by Gasteiger charge is 2.22. The Bertz CT molecular complexity index is 204. The van der Waals surface area contributed by atoms with Crippen LogP contribution >= 0.6 is 0 Å². The molecule has 1 aromatic heterocycles. The quantitative estimate of drug-likeness (QED) is 0.714. The van der Waals surface area contributed by atoms with Crippen molar-refractivity contribution in [3.05, 3.63) is 18.4 Å². The summed E-state index contributed by atoms with van der Waals surface area (Å²) in [5.41, 5.74) is 5.48. The van der Waals surface area contributed by atoms with Crippen LogP contribution in [0.25, 0.3) is 0 Å². The van der Waals surface area contributed by atoms with Crippen LogP contribution in [0.5, 0.6) is 0 Å². The van der Waals surface area contributed by atoms with Gasteiger partial charge in [0.1, 0.15) is 5.76 Å². The largest absolute Gasteiger partial charge is 0.448 e. The summed E-state index contributed by atoms with van der Waals surface area (Å²) in [5.74, 6) is 0.906. The molecule has 0 bridgehead atoms. The van der Waals surface area contributed by atoms with Crippen LogP contribution in [-0.4, -0.2) is 11.5 Å². The zero-order valence-electron chi connectivity index (χ0n) is 7.00. The second-order valence-electron chi connectivity index (χ2n) is 3.29. The number of nitrogens with two attached hydrogens (primary N) is 1. The summed E-state index contributed by atoms with van der Waals surface area (Å²) < 4.78 is 5.18. The maximum atomic E-state index is 5.46. The van der Waals surface area contributed by atoms with E-state index >= 15 is 0 Å². The van der Waals surface area contributed by atoms with E-state index in [-0.39, 0.29) is 5.41 Å². The third-order valence-electron chi connectivity index (χ3n) is 1.87. The summed E-state index contributed by atoms with van der Waals surface area (Å²) >= 11 is 0. The summed E-state index contributed by atoms with van der Waals surface area (Å²) in [6, 6.07) is 0. The molecule has 1 heterocycles. The van der Waals surface area contributed by atoms with Gasteiger partial charge in [0, 0.05) is 5.41 Å². The molecule has 0 aliphatic rings. The van der Waals surface area contributed by atoms with E-state index in [1.165, 1.54) is 6.39 Å². The molecule has 0 unspecified atom stereocenters. The van der Waals surface area contributed by atoms with Crippen LogP contribution in [0.2, 0.25) is 0 Å². The first-order chi connectivity index (χ1) is 5.17. The molecule has 2 N–H and O–H groups in total. The van der Waals surface area contributed by atoms with Gasteiger partial charge in [-0.1, -0.05) is 13.8 Å².